The lowest BCUT2D eigenvalue weighted by Gasteiger charge is -2.21. The second-order valence-electron chi connectivity index (χ2n) is 29.6. The second-order valence-corrected chi connectivity index (χ2v) is 31.6. The van der Waals surface area contributed by atoms with Crippen LogP contribution < -0.4 is 27.2 Å². The lowest BCUT2D eigenvalue weighted by Crippen LogP contribution is -2.27. The molecule has 129 heavy (non-hydrogen) atoms. The zero-order valence-electron chi connectivity index (χ0n) is 72.9. The van der Waals surface area contributed by atoms with Crippen molar-refractivity contribution >= 4 is 182 Å². The maximum Gasteiger partial charge on any atom is 0.425 e. The molecule has 13 aromatic carbocycles. The van der Waals surface area contributed by atoms with Crippen molar-refractivity contribution in [2.75, 3.05) is 34.5 Å². The Hall–Kier alpha value is -14.5. The molecule has 0 aromatic heterocycles. The van der Waals surface area contributed by atoms with Crippen molar-refractivity contribution in [1.29, 1.82) is 0 Å². The Bertz CT molecular complexity index is 6820. The fourth-order valence-corrected chi connectivity index (χ4v) is 14.5. The highest BCUT2D eigenvalue weighted by Crippen LogP contribution is 2.47. The van der Waals surface area contributed by atoms with Crippen LogP contribution in [0.25, 0.3) is 53.9 Å². The summed E-state index contributed by atoms with van der Waals surface area (Å²) < 4.78 is 132. The Labute approximate surface area is 759 Å². The van der Waals surface area contributed by atoms with Crippen molar-refractivity contribution in [2.24, 2.45) is 15.8 Å². The number of anilines is 4. The van der Waals surface area contributed by atoms with Crippen LogP contribution in [0.5, 0.6) is 0 Å². The average molecular weight is 1830 g/mol. The van der Waals surface area contributed by atoms with Crippen molar-refractivity contribution in [3.63, 3.8) is 0 Å². The van der Waals surface area contributed by atoms with Gasteiger partial charge in [-0.15, -0.1) is 63.1 Å². The van der Waals surface area contributed by atoms with Crippen LogP contribution in [0.2, 0.25) is 0 Å². The third kappa shape index (κ3) is 31.8. The second kappa shape index (κ2) is 51.8. The van der Waals surface area contributed by atoms with Crippen LogP contribution in [-0.4, -0.2) is 115 Å². The molecule has 666 valence electrons. The van der Waals surface area contributed by atoms with E-state index in [1.54, 1.807) is 24.2 Å². The number of hydrogen-bond donors (Lipinski definition) is 4. The van der Waals surface area contributed by atoms with E-state index in [0.717, 1.165) is 47.2 Å². The number of fused-ring (bicyclic) bond motifs is 11. The third-order valence-corrected chi connectivity index (χ3v) is 20.5. The van der Waals surface area contributed by atoms with Crippen molar-refractivity contribution in [3.8, 4) is 0 Å². The van der Waals surface area contributed by atoms with Crippen LogP contribution in [0.3, 0.4) is 0 Å². The molecule has 3 aliphatic rings. The summed E-state index contributed by atoms with van der Waals surface area (Å²) in [7, 11) is -15.6. The highest BCUT2D eigenvalue weighted by atomic mass is 32.2. The molecule has 0 saturated heterocycles. The maximum atomic E-state index is 12.0. The molecule has 13 aromatic rings. The number of rotatable bonds is 13. The van der Waals surface area contributed by atoms with Gasteiger partial charge in [0.15, 0.2) is 11.4 Å². The van der Waals surface area contributed by atoms with Gasteiger partial charge >= 0.3 is 53.0 Å². The summed E-state index contributed by atoms with van der Waals surface area (Å²) >= 11 is 0. The number of hydrogen-bond acceptors (Lipinski definition) is 22. The van der Waals surface area contributed by atoms with Crippen molar-refractivity contribution in [2.45, 2.75) is 92.4 Å². The molecule has 25 nitrogen and oxygen atoms in total. The first-order chi connectivity index (χ1) is 61.5. The number of nitrogens with two attached hydrogens (primary N) is 2. The molecule has 0 fully saturated rings. The standard InChI is InChI=1S/C30H31N2O.C17H16N2.C17H20N.C15H15N.C10H10N2.C10H9N.5O3S/c1-5-31-27-21-20-24-15-12-13-18-26(24)29(27)30(3,4)28(31)19-11-6-7-14-22-32(23(2)33)25-16-9-8-10-17-25;1-4-10-16(11-5-1)18-14-8-3-9-15-19-17-12-6-2-7-13-17;1-5-18-12(2)17(3,4)16-14-9-7-6-8-13(14)10-11-15(16)18;1-10-15(2,3)14-12-7-5-4-6-11(12)8-9-13(14)16-10;11-12-10-6-5-8-3-1-2-4-9(8)7-10;11-10-6-5-8-3-1-2-4-9(8)7-10;5*1-4(2)3/h6-22H,5H2,1-4H3;1-15,18H;6-11H,5H2,1-4H3;4-9H,1-3H3;1-7,12H,11H2;1-7H,11H2;;;;;/q+1;;+1;;;;;;;;/b;9-3+,14-8+,19-15?;;;;;;;;;. The van der Waals surface area contributed by atoms with Gasteiger partial charge in [-0.1, -0.05) is 232 Å². The molecule has 0 radical (unpaired) electrons. The minimum atomic E-state index is -3.11. The lowest BCUT2D eigenvalue weighted by molar-refractivity contribution is -0.434. The Morgan fingerprint density at radius 3 is 1.29 bits per heavy atom. The van der Waals surface area contributed by atoms with Gasteiger partial charge in [-0.05, 0) is 205 Å². The van der Waals surface area contributed by atoms with Gasteiger partial charge in [-0.2, -0.15) is 9.15 Å². The van der Waals surface area contributed by atoms with Gasteiger partial charge in [0.05, 0.1) is 22.2 Å². The number of nitrogens with one attached hydrogen (secondary N) is 2. The molecule has 30 heteroatoms. The Kier molecular flexibility index (Phi) is 41.5. The first kappa shape index (κ1) is 103. The first-order valence-corrected chi connectivity index (χ1v) is 45.0. The van der Waals surface area contributed by atoms with Crippen LogP contribution in [0, 0.1) is 0 Å². The number of benzene rings is 13. The molecule has 0 saturated carbocycles. The Balaban J connectivity index is 0.000000235. The summed E-state index contributed by atoms with van der Waals surface area (Å²) in [6.07, 6.45) is 21.4. The van der Waals surface area contributed by atoms with Crippen molar-refractivity contribution in [1.82, 2.24) is 0 Å². The molecule has 0 aliphatic carbocycles. The molecule has 16 rings (SSSR count). The molecule has 1 amide bonds. The SMILES string of the molecule is C(/C=C/C=C/Nc1ccccc1)=Nc1ccccc1.CC1=Nc2ccc3ccccc3c2C1(C)C.CC[N+]1=C(/C=C/C=C/C=C/N(C(C)=O)c2ccccc2)C(C)(C)c2c1ccc1ccccc21.CC[N+]1=C(C)C(C)(C)c2c1ccc1ccccc21.NNc1ccc2ccccc2c1.Nc1ccc2ccccc2c1.O=S(=O)=O.O=S(=O)=O.O=S(=O)=O.O=S(=O)=O.O=S(=O)=O. The number of nitrogen functional groups attached to an aromatic ring is 2. The molecule has 0 atom stereocenters. The van der Waals surface area contributed by atoms with Gasteiger partial charge in [0.2, 0.25) is 17.3 Å². The fourth-order valence-electron chi connectivity index (χ4n) is 14.5. The van der Waals surface area contributed by atoms with E-state index in [4.69, 9.17) is 74.7 Å². The van der Waals surface area contributed by atoms with Gasteiger partial charge in [0, 0.05) is 95.7 Å². The molecule has 3 aliphatic heterocycles. The number of carbonyl (C=O) groups is 1. The van der Waals surface area contributed by atoms with Crippen LogP contribution in [-0.2, 0) is 74.1 Å². The maximum absolute atomic E-state index is 12.0. The van der Waals surface area contributed by atoms with Crippen LogP contribution >= 0.6 is 0 Å². The summed E-state index contributed by atoms with van der Waals surface area (Å²) in [5.41, 5.74) is 25.0. The first-order valence-electron chi connectivity index (χ1n) is 40.0. The van der Waals surface area contributed by atoms with E-state index in [1.807, 2.05) is 194 Å². The Morgan fingerprint density at radius 1 is 0.411 bits per heavy atom. The third-order valence-electron chi connectivity index (χ3n) is 20.5. The van der Waals surface area contributed by atoms with Gasteiger partial charge in [0.25, 0.3) is 0 Å². The van der Waals surface area contributed by atoms with Crippen LogP contribution in [0.1, 0.15) is 92.9 Å². The van der Waals surface area contributed by atoms with Gasteiger partial charge < -0.3 is 16.5 Å². The average Bonchev–Trinajstić information content (AvgIpc) is 1.58. The van der Waals surface area contributed by atoms with Crippen molar-refractivity contribution in [3.05, 3.63) is 363 Å². The number of hydrazine groups is 1. The molecule has 6 N–H and O–H groups in total. The minimum Gasteiger partial charge on any atom is -0.399 e. The highest BCUT2D eigenvalue weighted by Gasteiger charge is 2.46. The minimum absolute atomic E-state index is 0.0202. The summed E-state index contributed by atoms with van der Waals surface area (Å²) in [4.78, 5) is 22.6. The number of nitrogens with zero attached hydrogens (tertiary/aromatic N) is 5. The lowest BCUT2D eigenvalue weighted by atomic mass is 9.79. The van der Waals surface area contributed by atoms with E-state index in [9.17, 15) is 4.79 Å². The Morgan fingerprint density at radius 2 is 0.806 bits per heavy atom. The molecule has 0 bridgehead atoms. The summed E-state index contributed by atoms with van der Waals surface area (Å²) in [5, 5.41) is 16.0. The predicted molar refractivity (Wildman–Crippen MR) is 519 cm³/mol. The van der Waals surface area contributed by atoms with Gasteiger partial charge in [-0.3, -0.25) is 25.5 Å². The zero-order chi connectivity index (χ0) is 94.8. The van der Waals surface area contributed by atoms with Crippen LogP contribution in [0.4, 0.5) is 45.5 Å². The van der Waals surface area contributed by atoms with E-state index in [0.29, 0.717) is 0 Å². The summed E-state index contributed by atoms with van der Waals surface area (Å²) in [6.45, 7) is 26.1. The summed E-state index contributed by atoms with van der Waals surface area (Å²) in [6, 6.07) is 97.1. The predicted octanol–water partition coefficient (Wildman–Crippen LogP) is 19.5. The quantitative estimate of drug-likeness (QED) is 0.0208. The van der Waals surface area contributed by atoms with Gasteiger partial charge in [0.1, 0.15) is 13.1 Å². The topological polar surface area (TPSA) is 383 Å². The zero-order valence-corrected chi connectivity index (χ0v) is 76.9. The van der Waals surface area contributed by atoms with E-state index in [-0.39, 0.29) is 22.2 Å². The highest BCUT2D eigenvalue weighted by molar-refractivity contribution is 7.59. The summed E-state index contributed by atoms with van der Waals surface area (Å²) in [5.74, 6) is 5.27. The number of carbonyl (C=O) groups excluding carboxylic acids is 1. The number of para-hydroxylation sites is 3. The monoisotopic (exact) mass is 1830 g/mol. The smallest absolute Gasteiger partial charge is 0.399 e. The largest absolute Gasteiger partial charge is 0.425 e. The number of aliphatic imine (C=N–C) groups is 2. The fraction of sp³-hybridized carbons (Fsp3) is 0.162. The molecule has 0 spiro atoms. The van der Waals surface area contributed by atoms with Crippen molar-refractivity contribution < 1.29 is 77.1 Å². The molecule has 3 heterocycles. The van der Waals surface area contributed by atoms with E-state index >= 15 is 0 Å². The van der Waals surface area contributed by atoms with Gasteiger partial charge in [-0.25, -0.2) is 0 Å². The van der Waals surface area contributed by atoms with E-state index in [1.165, 1.54) is 99.1 Å². The molecular weight excluding hydrogens is 1730 g/mol. The number of allylic oxidation sites excluding steroid dienone is 8. The molecular formula is C99H101N9O16S5+2. The van der Waals surface area contributed by atoms with E-state index in [2.05, 4.69) is 245 Å². The molecule has 0 unspecified atom stereocenters. The normalized spacial score (nSPS) is 12.9. The van der Waals surface area contributed by atoms with E-state index < -0.39 is 53.0 Å². The number of amides is 1. The van der Waals surface area contributed by atoms with Crippen LogP contribution in [0.15, 0.2) is 356 Å².